The van der Waals surface area contributed by atoms with Gasteiger partial charge in [0.25, 0.3) is 15.9 Å². The van der Waals surface area contributed by atoms with Gasteiger partial charge in [0.15, 0.2) is 0 Å². The molecule has 0 aromatic heterocycles. The number of sulfonamides is 1. The number of halogens is 1. The molecule has 0 radical (unpaired) electrons. The Labute approximate surface area is 202 Å². The van der Waals surface area contributed by atoms with Crippen LogP contribution in [0.2, 0.25) is 0 Å². The third-order valence-electron chi connectivity index (χ3n) is 5.35. The highest BCUT2D eigenvalue weighted by Crippen LogP contribution is 2.37. The van der Waals surface area contributed by atoms with Gasteiger partial charge in [0.2, 0.25) is 0 Å². The first-order chi connectivity index (χ1) is 16.2. The second-order valence-electron chi connectivity index (χ2n) is 7.44. The van der Waals surface area contributed by atoms with E-state index < -0.39 is 27.0 Å². The molecule has 3 rings (SSSR count). The molecule has 184 valence electrons. The van der Waals surface area contributed by atoms with Crippen LogP contribution in [0.4, 0.5) is 9.18 Å². The lowest BCUT2D eigenvalue weighted by molar-refractivity contribution is 0.0944. The highest BCUT2D eigenvalue weighted by Gasteiger charge is 2.29. The summed E-state index contributed by atoms with van der Waals surface area (Å²) in [6, 6.07) is 6.81. The Morgan fingerprint density at radius 3 is 2.71 bits per heavy atom. The standard InChI is InChI=1S/C22H26FN3O6S2/c1-4-13-9-19-16(11-20(13)34(29,30)26-22(28)33-24-2)14(7-8-32-19)12-25-21(27)17-10-15(23)5-6-18(17)31-3/h5-6,9-11,14,24H,4,7-8,12H2,1-3H3,(H,25,27)(H,26,28). The molecular formula is C22H26FN3O6S2. The number of hydrogen-bond acceptors (Lipinski definition) is 8. The van der Waals surface area contributed by atoms with Crippen molar-refractivity contribution in [3.05, 3.63) is 52.8 Å². The van der Waals surface area contributed by atoms with Crippen molar-refractivity contribution in [2.75, 3.05) is 27.3 Å². The summed E-state index contributed by atoms with van der Waals surface area (Å²) in [5.74, 6) is -0.570. The summed E-state index contributed by atoms with van der Waals surface area (Å²) in [4.78, 5) is 24.6. The van der Waals surface area contributed by atoms with Crippen LogP contribution in [0.25, 0.3) is 0 Å². The van der Waals surface area contributed by atoms with Crippen LogP contribution in [0.1, 0.15) is 40.7 Å². The number of amides is 2. The number of hydrogen-bond donors (Lipinski definition) is 3. The minimum absolute atomic E-state index is 0.0209. The fourth-order valence-electron chi connectivity index (χ4n) is 3.71. The molecule has 1 heterocycles. The molecule has 1 unspecified atom stereocenters. The van der Waals surface area contributed by atoms with Crippen molar-refractivity contribution in [2.24, 2.45) is 0 Å². The number of carbonyl (C=O) groups excluding carboxylic acids is 2. The van der Waals surface area contributed by atoms with Crippen LogP contribution in [0.3, 0.4) is 0 Å². The number of methoxy groups -OCH3 is 1. The number of carbonyl (C=O) groups is 2. The van der Waals surface area contributed by atoms with E-state index in [4.69, 9.17) is 9.47 Å². The number of ether oxygens (including phenoxy) is 2. The zero-order valence-corrected chi connectivity index (χ0v) is 20.6. The van der Waals surface area contributed by atoms with Gasteiger partial charge in [0, 0.05) is 30.0 Å². The fraction of sp³-hybridized carbons (Fsp3) is 0.364. The molecule has 0 saturated carbocycles. The molecule has 0 spiro atoms. The van der Waals surface area contributed by atoms with Crippen LogP contribution in [0, 0.1) is 5.82 Å². The van der Waals surface area contributed by atoms with E-state index in [1.807, 2.05) is 4.72 Å². The second-order valence-corrected chi connectivity index (χ2v) is 10.1. The van der Waals surface area contributed by atoms with E-state index in [9.17, 15) is 22.4 Å². The van der Waals surface area contributed by atoms with Gasteiger partial charge in [-0.25, -0.2) is 17.5 Å². The molecule has 1 aliphatic rings. The molecular weight excluding hydrogens is 485 g/mol. The van der Waals surface area contributed by atoms with Crippen molar-refractivity contribution in [3.63, 3.8) is 0 Å². The van der Waals surface area contributed by atoms with Gasteiger partial charge < -0.3 is 14.8 Å². The van der Waals surface area contributed by atoms with Crippen molar-refractivity contribution in [1.29, 1.82) is 0 Å². The van der Waals surface area contributed by atoms with E-state index >= 15 is 0 Å². The summed E-state index contributed by atoms with van der Waals surface area (Å²) in [5, 5.41) is 2.02. The quantitative estimate of drug-likeness (QED) is 0.463. The van der Waals surface area contributed by atoms with E-state index in [2.05, 4.69) is 10.0 Å². The second kappa shape index (κ2) is 11.1. The number of fused-ring (bicyclic) bond motifs is 1. The molecule has 1 atom stereocenters. The molecule has 9 nitrogen and oxygen atoms in total. The van der Waals surface area contributed by atoms with Gasteiger partial charge in [-0.2, -0.15) is 0 Å². The summed E-state index contributed by atoms with van der Waals surface area (Å²) >= 11 is 0.620. The van der Waals surface area contributed by atoms with Crippen LogP contribution >= 0.6 is 11.9 Å². The molecule has 0 fully saturated rings. The predicted molar refractivity (Wildman–Crippen MR) is 126 cm³/mol. The smallest absolute Gasteiger partial charge is 0.307 e. The third-order valence-corrected chi connectivity index (χ3v) is 7.39. The lowest BCUT2D eigenvalue weighted by Gasteiger charge is -2.28. The number of aryl methyl sites for hydroxylation is 1. The normalized spacial score (nSPS) is 15.1. The summed E-state index contributed by atoms with van der Waals surface area (Å²) in [6.07, 6.45) is 0.932. The van der Waals surface area contributed by atoms with Crippen molar-refractivity contribution >= 4 is 33.1 Å². The number of benzene rings is 2. The highest BCUT2D eigenvalue weighted by atomic mass is 32.2. The molecule has 3 N–H and O–H groups in total. The first-order valence-corrected chi connectivity index (χ1v) is 12.8. The topological polar surface area (TPSA) is 123 Å². The zero-order chi connectivity index (χ0) is 24.9. The molecule has 1 aliphatic heterocycles. The molecule has 0 aliphatic carbocycles. The minimum atomic E-state index is -4.13. The van der Waals surface area contributed by atoms with E-state index in [1.54, 1.807) is 13.0 Å². The number of rotatable bonds is 8. The molecule has 2 amide bonds. The Bertz CT molecular complexity index is 1190. The molecule has 2 aromatic rings. The van der Waals surface area contributed by atoms with Gasteiger partial charge in [0.1, 0.15) is 17.3 Å². The van der Waals surface area contributed by atoms with Crippen LogP contribution in [0.15, 0.2) is 35.2 Å². The van der Waals surface area contributed by atoms with Crippen molar-refractivity contribution in [1.82, 2.24) is 14.8 Å². The Morgan fingerprint density at radius 1 is 1.26 bits per heavy atom. The SMILES string of the molecule is CCc1cc2c(cc1S(=O)(=O)NC(=O)SNC)C(CNC(=O)c1cc(F)ccc1OC)CCO2. The lowest BCUT2D eigenvalue weighted by Crippen LogP contribution is -2.32. The van der Waals surface area contributed by atoms with Crippen LogP contribution < -0.4 is 24.2 Å². The summed E-state index contributed by atoms with van der Waals surface area (Å²) in [7, 11) is -1.24. The summed E-state index contributed by atoms with van der Waals surface area (Å²) in [5.41, 5.74) is 1.16. The van der Waals surface area contributed by atoms with Crippen molar-refractivity contribution in [2.45, 2.75) is 30.6 Å². The van der Waals surface area contributed by atoms with Crippen molar-refractivity contribution in [3.8, 4) is 11.5 Å². The Hall–Kier alpha value is -2.83. The molecule has 0 saturated heterocycles. The first-order valence-electron chi connectivity index (χ1n) is 10.5. The van der Waals surface area contributed by atoms with E-state index in [1.165, 1.54) is 32.4 Å². The maximum Gasteiger partial charge on any atom is 0.307 e. The summed E-state index contributed by atoms with van der Waals surface area (Å²) in [6.45, 7) is 2.36. The monoisotopic (exact) mass is 511 g/mol. The van der Waals surface area contributed by atoms with Gasteiger partial charge in [-0.05, 0) is 55.8 Å². The van der Waals surface area contributed by atoms with E-state index in [0.29, 0.717) is 48.3 Å². The van der Waals surface area contributed by atoms with Gasteiger partial charge in [-0.15, -0.1) is 0 Å². The van der Waals surface area contributed by atoms with Gasteiger partial charge in [-0.3, -0.25) is 14.3 Å². The van der Waals surface area contributed by atoms with Gasteiger partial charge >= 0.3 is 5.24 Å². The van der Waals surface area contributed by atoms with Crippen LogP contribution in [0.5, 0.6) is 11.5 Å². The predicted octanol–water partition coefficient (Wildman–Crippen LogP) is 2.96. The van der Waals surface area contributed by atoms with E-state index in [0.717, 1.165) is 6.07 Å². The number of nitrogens with one attached hydrogen (secondary N) is 3. The van der Waals surface area contributed by atoms with E-state index in [-0.39, 0.29) is 28.7 Å². The molecule has 2 aromatic carbocycles. The largest absolute Gasteiger partial charge is 0.496 e. The first kappa shape index (κ1) is 25.8. The third kappa shape index (κ3) is 5.80. The lowest BCUT2D eigenvalue weighted by atomic mass is 9.91. The van der Waals surface area contributed by atoms with Crippen LogP contribution in [-0.4, -0.2) is 46.9 Å². The Balaban J connectivity index is 1.88. The minimum Gasteiger partial charge on any atom is -0.496 e. The molecule has 34 heavy (non-hydrogen) atoms. The maximum atomic E-state index is 13.7. The highest BCUT2D eigenvalue weighted by molar-refractivity contribution is 8.13. The van der Waals surface area contributed by atoms with Crippen LogP contribution in [-0.2, 0) is 16.4 Å². The van der Waals surface area contributed by atoms with Gasteiger partial charge in [0.05, 0.1) is 24.2 Å². The van der Waals surface area contributed by atoms with Gasteiger partial charge in [-0.1, -0.05) is 6.92 Å². The average Bonchev–Trinajstić information content (AvgIpc) is 2.81. The Kier molecular flexibility index (Phi) is 8.39. The maximum absolute atomic E-state index is 13.7. The zero-order valence-electron chi connectivity index (χ0n) is 18.9. The summed E-state index contributed by atoms with van der Waals surface area (Å²) < 4.78 is 54.9. The molecule has 0 bridgehead atoms. The average molecular weight is 512 g/mol. The molecule has 12 heteroatoms. The Morgan fingerprint density at radius 2 is 2.03 bits per heavy atom. The fourth-order valence-corrected chi connectivity index (χ4v) is 5.56. The van der Waals surface area contributed by atoms with Crippen molar-refractivity contribution < 1.29 is 31.9 Å².